The van der Waals surface area contributed by atoms with E-state index < -0.39 is 0 Å². The summed E-state index contributed by atoms with van der Waals surface area (Å²) in [6.45, 7) is 2.85. The van der Waals surface area contributed by atoms with Crippen molar-refractivity contribution in [2.75, 3.05) is 6.61 Å². The predicted octanol–water partition coefficient (Wildman–Crippen LogP) is 3.38. The molecule has 114 valence electrons. The van der Waals surface area contributed by atoms with Crippen LogP contribution in [0.3, 0.4) is 0 Å². The van der Waals surface area contributed by atoms with Gasteiger partial charge in [0.25, 0.3) is 0 Å². The maximum Gasteiger partial charge on any atom is 0.119 e. The van der Waals surface area contributed by atoms with Gasteiger partial charge < -0.3 is 15.8 Å². The second kappa shape index (κ2) is 6.56. The quantitative estimate of drug-likeness (QED) is 0.888. The molecule has 0 radical (unpaired) electrons. The normalized spacial score (nSPS) is 18.4. The fourth-order valence-corrected chi connectivity index (χ4v) is 2.72. The molecule has 1 aliphatic rings. The fourth-order valence-electron chi connectivity index (χ4n) is 2.72. The molecule has 0 saturated carbocycles. The topological polar surface area (TPSA) is 47.3 Å². The molecule has 2 aromatic rings. The number of benzene rings is 2. The van der Waals surface area contributed by atoms with Crippen LogP contribution < -0.4 is 15.8 Å². The average molecular weight is 294 g/mol. The Balaban J connectivity index is 1.58. The molecule has 2 aromatic carbocycles. The summed E-state index contributed by atoms with van der Waals surface area (Å²) in [6, 6.07) is 19.2. The molecule has 3 nitrogen and oxygen atoms in total. The summed E-state index contributed by atoms with van der Waals surface area (Å²) in [5, 5.41) is 3.19. The van der Waals surface area contributed by atoms with Crippen LogP contribution >= 0.6 is 0 Å². The molecule has 3 N–H and O–H groups in total. The average Bonchev–Trinajstić information content (AvgIpc) is 2.99. The van der Waals surface area contributed by atoms with Crippen LogP contribution in [0.2, 0.25) is 0 Å². The lowest BCUT2D eigenvalue weighted by Gasteiger charge is -2.15. The van der Waals surface area contributed by atoms with E-state index in [9.17, 15) is 0 Å². The van der Waals surface area contributed by atoms with E-state index in [2.05, 4.69) is 48.6 Å². The molecule has 0 amide bonds. The SMILES string of the molecule is CC(c1ccccc1)c1ccc(OCC2CC=C(N)N2)cc1. The maximum absolute atomic E-state index is 5.83. The predicted molar refractivity (Wildman–Crippen MR) is 89.7 cm³/mol. The Morgan fingerprint density at radius 1 is 1.09 bits per heavy atom. The van der Waals surface area contributed by atoms with Crippen LogP contribution in [0, 0.1) is 0 Å². The van der Waals surface area contributed by atoms with Crippen molar-refractivity contribution in [3.63, 3.8) is 0 Å². The maximum atomic E-state index is 5.83. The van der Waals surface area contributed by atoms with Crippen LogP contribution in [0.25, 0.3) is 0 Å². The lowest BCUT2D eigenvalue weighted by Crippen LogP contribution is -2.31. The van der Waals surface area contributed by atoms with E-state index in [4.69, 9.17) is 10.5 Å². The van der Waals surface area contributed by atoms with Gasteiger partial charge in [-0.2, -0.15) is 0 Å². The summed E-state index contributed by atoms with van der Waals surface area (Å²) in [7, 11) is 0. The fraction of sp³-hybridized carbons (Fsp3) is 0.263. The van der Waals surface area contributed by atoms with Crippen molar-refractivity contribution in [2.45, 2.75) is 25.3 Å². The summed E-state index contributed by atoms with van der Waals surface area (Å²) < 4.78 is 5.83. The third-order valence-corrected chi connectivity index (χ3v) is 4.12. The van der Waals surface area contributed by atoms with Crippen molar-refractivity contribution >= 4 is 0 Å². The van der Waals surface area contributed by atoms with Gasteiger partial charge in [0.15, 0.2) is 0 Å². The van der Waals surface area contributed by atoms with E-state index >= 15 is 0 Å². The Kier molecular flexibility index (Phi) is 4.33. The van der Waals surface area contributed by atoms with Gasteiger partial charge in [-0.25, -0.2) is 0 Å². The van der Waals surface area contributed by atoms with Crippen molar-refractivity contribution in [2.24, 2.45) is 5.73 Å². The summed E-state index contributed by atoms with van der Waals surface area (Å²) in [5.41, 5.74) is 8.32. The number of nitrogens with one attached hydrogen (secondary N) is 1. The first-order valence-corrected chi connectivity index (χ1v) is 7.72. The van der Waals surface area contributed by atoms with Gasteiger partial charge in [0.2, 0.25) is 0 Å². The van der Waals surface area contributed by atoms with Gasteiger partial charge >= 0.3 is 0 Å². The first-order chi connectivity index (χ1) is 10.7. The van der Waals surface area contributed by atoms with Crippen molar-refractivity contribution in [1.29, 1.82) is 0 Å². The molecule has 0 aromatic heterocycles. The second-order valence-corrected chi connectivity index (χ2v) is 5.75. The standard InChI is InChI=1S/C19H22N2O/c1-14(15-5-3-2-4-6-15)16-7-10-18(11-8-16)22-13-17-9-12-19(20)21-17/h2-8,10-12,14,17,21H,9,13,20H2,1H3. The Labute approximate surface area is 131 Å². The first-order valence-electron chi connectivity index (χ1n) is 7.72. The van der Waals surface area contributed by atoms with Gasteiger partial charge in [0.05, 0.1) is 11.9 Å². The molecule has 3 rings (SSSR count). The lowest BCUT2D eigenvalue weighted by atomic mass is 9.93. The van der Waals surface area contributed by atoms with Crippen molar-refractivity contribution in [3.05, 3.63) is 77.6 Å². The van der Waals surface area contributed by atoms with Gasteiger partial charge in [0, 0.05) is 5.92 Å². The van der Waals surface area contributed by atoms with E-state index in [1.807, 2.05) is 24.3 Å². The van der Waals surface area contributed by atoms with Crippen LogP contribution in [0.1, 0.15) is 30.4 Å². The lowest BCUT2D eigenvalue weighted by molar-refractivity contribution is 0.278. The van der Waals surface area contributed by atoms with Crippen LogP contribution in [0.5, 0.6) is 5.75 Å². The van der Waals surface area contributed by atoms with Gasteiger partial charge in [-0.1, -0.05) is 49.4 Å². The summed E-state index contributed by atoms with van der Waals surface area (Å²) >= 11 is 0. The van der Waals surface area contributed by atoms with Gasteiger partial charge in [-0.15, -0.1) is 0 Å². The largest absolute Gasteiger partial charge is 0.491 e. The molecular weight excluding hydrogens is 272 g/mol. The molecule has 1 heterocycles. The molecule has 0 aliphatic carbocycles. The summed E-state index contributed by atoms with van der Waals surface area (Å²) in [5.74, 6) is 2.03. The number of ether oxygens (including phenoxy) is 1. The molecule has 2 atom stereocenters. The number of hydrogen-bond acceptors (Lipinski definition) is 3. The molecule has 3 heteroatoms. The Morgan fingerprint density at radius 3 is 2.41 bits per heavy atom. The third kappa shape index (κ3) is 3.42. The van der Waals surface area contributed by atoms with Crippen LogP contribution in [0.15, 0.2) is 66.5 Å². The van der Waals surface area contributed by atoms with Crippen molar-refractivity contribution in [1.82, 2.24) is 5.32 Å². The number of nitrogens with two attached hydrogens (primary N) is 1. The van der Waals surface area contributed by atoms with Gasteiger partial charge in [-0.05, 0) is 35.8 Å². The Bertz CT molecular complexity index is 634. The minimum absolute atomic E-state index is 0.280. The molecule has 0 saturated heterocycles. The van der Waals surface area contributed by atoms with Gasteiger partial charge in [-0.3, -0.25) is 0 Å². The molecule has 0 bridgehead atoms. The van der Waals surface area contributed by atoms with Crippen LogP contribution in [0.4, 0.5) is 0 Å². The first kappa shape index (κ1) is 14.5. The van der Waals surface area contributed by atoms with Crippen LogP contribution in [-0.2, 0) is 0 Å². The zero-order valence-electron chi connectivity index (χ0n) is 12.8. The van der Waals surface area contributed by atoms with Crippen molar-refractivity contribution in [3.8, 4) is 5.75 Å². The smallest absolute Gasteiger partial charge is 0.119 e. The molecule has 0 fully saturated rings. The highest BCUT2D eigenvalue weighted by atomic mass is 16.5. The highest BCUT2D eigenvalue weighted by Crippen LogP contribution is 2.25. The molecule has 0 spiro atoms. The zero-order chi connectivity index (χ0) is 15.4. The highest BCUT2D eigenvalue weighted by Gasteiger charge is 2.14. The van der Waals surface area contributed by atoms with E-state index in [-0.39, 0.29) is 6.04 Å². The molecule has 1 aliphatic heterocycles. The van der Waals surface area contributed by atoms with E-state index in [0.29, 0.717) is 12.5 Å². The zero-order valence-corrected chi connectivity index (χ0v) is 12.8. The van der Waals surface area contributed by atoms with E-state index in [1.165, 1.54) is 11.1 Å². The minimum atomic E-state index is 0.280. The Hall–Kier alpha value is -2.42. The second-order valence-electron chi connectivity index (χ2n) is 5.75. The minimum Gasteiger partial charge on any atom is -0.491 e. The van der Waals surface area contributed by atoms with E-state index in [0.717, 1.165) is 18.0 Å². The van der Waals surface area contributed by atoms with E-state index in [1.54, 1.807) is 0 Å². The molecule has 22 heavy (non-hydrogen) atoms. The summed E-state index contributed by atoms with van der Waals surface area (Å²) in [4.78, 5) is 0. The summed E-state index contributed by atoms with van der Waals surface area (Å²) in [6.07, 6.45) is 2.92. The molecular formula is C19H22N2O. The number of rotatable bonds is 5. The van der Waals surface area contributed by atoms with Crippen LogP contribution in [-0.4, -0.2) is 12.6 Å². The monoisotopic (exact) mass is 294 g/mol. The van der Waals surface area contributed by atoms with Gasteiger partial charge in [0.1, 0.15) is 12.4 Å². The Morgan fingerprint density at radius 2 is 1.77 bits per heavy atom. The molecule has 2 unspecified atom stereocenters. The number of hydrogen-bond donors (Lipinski definition) is 2. The van der Waals surface area contributed by atoms with Crippen molar-refractivity contribution < 1.29 is 4.74 Å². The highest BCUT2D eigenvalue weighted by molar-refractivity contribution is 5.35. The third-order valence-electron chi connectivity index (χ3n) is 4.12.